The Hall–Kier alpha value is -2.76. The Morgan fingerprint density at radius 2 is 1.73 bits per heavy atom. The molecule has 1 aromatic rings. The molecule has 2 heterocycles. The van der Waals surface area contributed by atoms with Crippen molar-refractivity contribution < 1.29 is 13.9 Å². The summed E-state index contributed by atoms with van der Waals surface area (Å²) < 4.78 is 19.2. The average Bonchev–Trinajstić information content (AvgIpc) is 3.07. The van der Waals surface area contributed by atoms with E-state index in [1.165, 1.54) is 31.4 Å². The van der Waals surface area contributed by atoms with Gasteiger partial charge >= 0.3 is 0 Å². The standard InChI is InChI=1S/C24H26FN3O2/c25-18-4-6-19(7-5-18)30-23-26-21(20-3-1-2-8-28(20)23)22(29)27-24-12-15-9-16(13-24)11-17(10-15)14-24/h1-8,15-17,23,26H,9-14H2,(H,27,29). The number of halogens is 1. The third kappa shape index (κ3) is 3.01. The number of fused-ring (bicyclic) bond motifs is 1. The quantitative estimate of drug-likeness (QED) is 0.798. The molecule has 156 valence electrons. The summed E-state index contributed by atoms with van der Waals surface area (Å²) in [5.41, 5.74) is 1.29. The van der Waals surface area contributed by atoms with Crippen molar-refractivity contribution in [2.24, 2.45) is 17.8 Å². The van der Waals surface area contributed by atoms with Gasteiger partial charge in [-0.25, -0.2) is 4.39 Å². The number of ether oxygens (including phenoxy) is 1. The van der Waals surface area contributed by atoms with Gasteiger partial charge in [-0.2, -0.15) is 0 Å². The van der Waals surface area contributed by atoms with Crippen LogP contribution < -0.4 is 15.4 Å². The normalized spacial score (nSPS) is 35.4. The number of nitrogens with one attached hydrogen (secondary N) is 2. The molecule has 7 rings (SSSR count). The molecule has 1 amide bonds. The number of hydrogen-bond acceptors (Lipinski definition) is 4. The molecular formula is C24H26FN3O2. The molecule has 1 aromatic carbocycles. The molecule has 2 aliphatic heterocycles. The maximum Gasteiger partial charge on any atom is 0.270 e. The number of rotatable bonds is 4. The van der Waals surface area contributed by atoms with Crippen molar-refractivity contribution >= 4 is 5.91 Å². The molecule has 5 nitrogen and oxygen atoms in total. The Balaban J connectivity index is 1.22. The number of hydrogen-bond donors (Lipinski definition) is 2. The van der Waals surface area contributed by atoms with E-state index >= 15 is 0 Å². The molecule has 0 spiro atoms. The molecule has 2 N–H and O–H groups in total. The second-order valence-corrected chi connectivity index (χ2v) is 9.59. The summed E-state index contributed by atoms with van der Waals surface area (Å²) in [5, 5.41) is 6.70. The Bertz CT molecular complexity index is 930. The Labute approximate surface area is 175 Å². The molecule has 0 aromatic heterocycles. The third-order valence-electron chi connectivity index (χ3n) is 7.37. The zero-order chi connectivity index (χ0) is 20.3. The summed E-state index contributed by atoms with van der Waals surface area (Å²) in [6.45, 7) is 0. The fourth-order valence-electron chi connectivity index (χ4n) is 6.62. The van der Waals surface area contributed by atoms with Crippen LogP contribution in [0.1, 0.15) is 38.5 Å². The lowest BCUT2D eigenvalue weighted by molar-refractivity contribution is -0.123. The van der Waals surface area contributed by atoms with Gasteiger partial charge in [-0.15, -0.1) is 0 Å². The van der Waals surface area contributed by atoms with Gasteiger partial charge in [0.2, 0.25) is 0 Å². The predicted octanol–water partition coefficient (Wildman–Crippen LogP) is 3.77. The van der Waals surface area contributed by atoms with Crippen LogP contribution in [0.4, 0.5) is 4.39 Å². The van der Waals surface area contributed by atoms with E-state index in [9.17, 15) is 9.18 Å². The zero-order valence-electron chi connectivity index (χ0n) is 16.8. The van der Waals surface area contributed by atoms with Crippen molar-refractivity contribution in [2.75, 3.05) is 0 Å². The first-order valence-corrected chi connectivity index (χ1v) is 11.0. The first-order valence-electron chi connectivity index (χ1n) is 11.0. The lowest BCUT2D eigenvalue weighted by atomic mass is 9.53. The highest BCUT2D eigenvalue weighted by Crippen LogP contribution is 2.55. The van der Waals surface area contributed by atoms with Gasteiger partial charge in [0.1, 0.15) is 17.3 Å². The van der Waals surface area contributed by atoms with E-state index in [0.29, 0.717) is 11.4 Å². The largest absolute Gasteiger partial charge is 0.452 e. The topological polar surface area (TPSA) is 53.6 Å². The number of allylic oxidation sites excluding steroid dienone is 3. The zero-order valence-corrected chi connectivity index (χ0v) is 16.8. The number of nitrogens with zero attached hydrogens (tertiary/aromatic N) is 1. The summed E-state index contributed by atoms with van der Waals surface area (Å²) >= 11 is 0. The fourth-order valence-corrected chi connectivity index (χ4v) is 6.62. The number of amides is 1. The first-order chi connectivity index (χ1) is 14.6. The highest BCUT2D eigenvalue weighted by molar-refractivity contribution is 5.95. The van der Waals surface area contributed by atoms with Gasteiger partial charge in [0.15, 0.2) is 0 Å². The molecule has 1 atom stereocenters. The number of carbonyl (C=O) groups excluding carboxylic acids is 1. The van der Waals surface area contributed by atoms with E-state index in [0.717, 1.165) is 42.7 Å². The van der Waals surface area contributed by atoms with Crippen molar-refractivity contribution in [1.29, 1.82) is 0 Å². The van der Waals surface area contributed by atoms with Crippen molar-refractivity contribution in [1.82, 2.24) is 15.5 Å². The van der Waals surface area contributed by atoms with Gasteiger partial charge in [0.25, 0.3) is 12.3 Å². The number of carbonyl (C=O) groups is 1. The van der Waals surface area contributed by atoms with Crippen LogP contribution in [0, 0.1) is 23.6 Å². The molecular weight excluding hydrogens is 381 g/mol. The summed E-state index contributed by atoms with van der Waals surface area (Å²) in [6, 6.07) is 5.91. The smallest absolute Gasteiger partial charge is 0.270 e. The van der Waals surface area contributed by atoms with Crippen LogP contribution in [0.15, 0.2) is 60.1 Å². The van der Waals surface area contributed by atoms with Crippen LogP contribution in [-0.2, 0) is 4.79 Å². The summed E-state index contributed by atoms with van der Waals surface area (Å²) in [5.74, 6) is 2.50. The summed E-state index contributed by atoms with van der Waals surface area (Å²) in [7, 11) is 0. The fraction of sp³-hybridized carbons (Fsp3) is 0.458. The maximum atomic E-state index is 13.4. The maximum absolute atomic E-state index is 13.4. The van der Waals surface area contributed by atoms with Crippen LogP contribution in [0.3, 0.4) is 0 Å². The Kier molecular flexibility index (Phi) is 3.98. The van der Waals surface area contributed by atoms with Gasteiger partial charge < -0.3 is 15.4 Å². The van der Waals surface area contributed by atoms with E-state index in [-0.39, 0.29) is 17.3 Å². The molecule has 4 saturated carbocycles. The molecule has 0 radical (unpaired) electrons. The molecule has 1 unspecified atom stereocenters. The van der Waals surface area contributed by atoms with Crippen molar-refractivity contribution in [3.05, 3.63) is 65.9 Å². The predicted molar refractivity (Wildman–Crippen MR) is 110 cm³/mol. The van der Waals surface area contributed by atoms with E-state index in [2.05, 4.69) is 10.6 Å². The van der Waals surface area contributed by atoms with Crippen LogP contribution in [-0.4, -0.2) is 22.7 Å². The van der Waals surface area contributed by atoms with E-state index in [1.807, 2.05) is 29.3 Å². The minimum atomic E-state index is -0.552. The summed E-state index contributed by atoms with van der Waals surface area (Å²) in [4.78, 5) is 15.3. The van der Waals surface area contributed by atoms with Crippen molar-refractivity contribution in [3.8, 4) is 5.75 Å². The second-order valence-electron chi connectivity index (χ2n) is 9.59. The number of benzene rings is 1. The Morgan fingerprint density at radius 1 is 1.07 bits per heavy atom. The molecule has 6 aliphatic rings. The Morgan fingerprint density at radius 3 is 2.40 bits per heavy atom. The lowest BCUT2D eigenvalue weighted by Gasteiger charge is -2.56. The molecule has 0 saturated heterocycles. The van der Waals surface area contributed by atoms with Crippen molar-refractivity contribution in [3.63, 3.8) is 0 Å². The van der Waals surface area contributed by atoms with E-state index in [1.54, 1.807) is 12.1 Å². The van der Waals surface area contributed by atoms with E-state index in [4.69, 9.17) is 4.74 Å². The molecule has 4 bridgehead atoms. The molecule has 4 fully saturated rings. The second kappa shape index (κ2) is 6.62. The first kappa shape index (κ1) is 18.0. The van der Waals surface area contributed by atoms with Gasteiger partial charge in [-0.1, -0.05) is 6.08 Å². The molecule has 4 aliphatic carbocycles. The van der Waals surface area contributed by atoms with Crippen LogP contribution in [0.2, 0.25) is 0 Å². The van der Waals surface area contributed by atoms with Gasteiger partial charge in [0.05, 0.1) is 5.70 Å². The monoisotopic (exact) mass is 407 g/mol. The molecule has 30 heavy (non-hydrogen) atoms. The van der Waals surface area contributed by atoms with Crippen LogP contribution in [0.25, 0.3) is 0 Å². The van der Waals surface area contributed by atoms with Crippen molar-refractivity contribution in [2.45, 2.75) is 50.4 Å². The van der Waals surface area contributed by atoms with E-state index < -0.39 is 6.35 Å². The van der Waals surface area contributed by atoms with Crippen LogP contribution in [0.5, 0.6) is 5.75 Å². The summed E-state index contributed by atoms with van der Waals surface area (Å²) in [6.07, 6.45) is 14.5. The van der Waals surface area contributed by atoms with Crippen LogP contribution >= 0.6 is 0 Å². The van der Waals surface area contributed by atoms with Gasteiger partial charge in [0, 0.05) is 11.7 Å². The minimum absolute atomic E-state index is 0.0456. The van der Waals surface area contributed by atoms with Gasteiger partial charge in [-0.05, 0) is 92.7 Å². The lowest BCUT2D eigenvalue weighted by Crippen LogP contribution is -2.60. The molecule has 6 heteroatoms. The highest BCUT2D eigenvalue weighted by atomic mass is 19.1. The minimum Gasteiger partial charge on any atom is -0.452 e. The third-order valence-corrected chi connectivity index (χ3v) is 7.37. The highest BCUT2D eigenvalue weighted by Gasteiger charge is 2.52. The average molecular weight is 407 g/mol. The SMILES string of the molecule is O=C(NC12CC3CC(CC(C3)C1)C2)C1=C2C=CC=CN2C(Oc2ccc(F)cc2)N1. The van der Waals surface area contributed by atoms with Gasteiger partial charge in [-0.3, -0.25) is 9.69 Å².